The van der Waals surface area contributed by atoms with E-state index in [2.05, 4.69) is 31.5 Å². The van der Waals surface area contributed by atoms with Crippen LogP contribution >= 0.6 is 15.9 Å². The van der Waals surface area contributed by atoms with Gasteiger partial charge in [0, 0.05) is 17.8 Å². The number of pyridine rings is 1. The summed E-state index contributed by atoms with van der Waals surface area (Å²) in [4.78, 5) is 4.39. The Kier molecular flexibility index (Phi) is 3.09. The molecule has 0 bridgehead atoms. The number of rotatable bonds is 2. The zero-order valence-corrected chi connectivity index (χ0v) is 11.5. The number of nitrogens with one attached hydrogen (secondary N) is 2. The second-order valence-electron chi connectivity index (χ2n) is 5.23. The molecule has 2 N–H and O–H groups in total. The molecule has 1 aromatic heterocycles. The number of piperidine rings is 1. The highest BCUT2D eigenvalue weighted by Gasteiger charge is 2.40. The van der Waals surface area contributed by atoms with Crippen molar-refractivity contribution in [3.05, 3.63) is 22.8 Å². The van der Waals surface area contributed by atoms with E-state index in [9.17, 15) is 0 Å². The predicted molar refractivity (Wildman–Crippen MR) is 73.2 cm³/mol. The van der Waals surface area contributed by atoms with Crippen molar-refractivity contribution in [2.45, 2.75) is 43.7 Å². The zero-order chi connectivity index (χ0) is 11.7. The first-order valence-electron chi connectivity index (χ1n) is 6.40. The lowest BCUT2D eigenvalue weighted by molar-refractivity contribution is 0.135. The molecule has 1 aromatic rings. The number of anilines is 1. The van der Waals surface area contributed by atoms with Gasteiger partial charge >= 0.3 is 0 Å². The number of hydrogen-bond acceptors (Lipinski definition) is 3. The van der Waals surface area contributed by atoms with Crippen molar-refractivity contribution >= 4 is 21.7 Å². The molecule has 0 aromatic carbocycles. The summed E-state index contributed by atoms with van der Waals surface area (Å²) in [5, 5.41) is 7.26. The van der Waals surface area contributed by atoms with Gasteiger partial charge in [-0.15, -0.1) is 0 Å². The van der Waals surface area contributed by atoms with Gasteiger partial charge in [0.1, 0.15) is 5.82 Å². The second kappa shape index (κ2) is 4.58. The van der Waals surface area contributed by atoms with Crippen LogP contribution in [-0.2, 0) is 0 Å². The average Bonchev–Trinajstić information content (AvgIpc) is 2.31. The van der Waals surface area contributed by atoms with E-state index >= 15 is 0 Å². The first-order chi connectivity index (χ1) is 8.27. The van der Waals surface area contributed by atoms with Gasteiger partial charge in [-0.05, 0) is 66.7 Å². The molecule has 1 atom stereocenters. The molecule has 1 spiro atoms. The SMILES string of the molecule is Brc1cccnc1NC1CCNC2(CCC2)C1. The normalized spacial score (nSPS) is 26.5. The summed E-state index contributed by atoms with van der Waals surface area (Å²) in [5.74, 6) is 0.980. The molecule has 2 fully saturated rings. The molecule has 0 amide bonds. The highest BCUT2D eigenvalue weighted by molar-refractivity contribution is 9.10. The molecule has 1 aliphatic heterocycles. The Labute approximate surface area is 111 Å². The lowest BCUT2D eigenvalue weighted by Crippen LogP contribution is -2.58. The summed E-state index contributed by atoms with van der Waals surface area (Å²) in [6.45, 7) is 1.13. The van der Waals surface area contributed by atoms with Crippen LogP contribution in [0.15, 0.2) is 22.8 Å². The van der Waals surface area contributed by atoms with Crippen molar-refractivity contribution in [3.8, 4) is 0 Å². The van der Waals surface area contributed by atoms with Gasteiger partial charge in [-0.2, -0.15) is 0 Å². The maximum absolute atomic E-state index is 4.39. The summed E-state index contributed by atoms with van der Waals surface area (Å²) in [7, 11) is 0. The zero-order valence-electron chi connectivity index (χ0n) is 9.88. The van der Waals surface area contributed by atoms with Gasteiger partial charge in [0.2, 0.25) is 0 Å². The highest BCUT2D eigenvalue weighted by atomic mass is 79.9. The number of hydrogen-bond donors (Lipinski definition) is 2. The van der Waals surface area contributed by atoms with E-state index in [4.69, 9.17) is 0 Å². The molecular formula is C13H18BrN3. The van der Waals surface area contributed by atoms with Gasteiger partial charge < -0.3 is 10.6 Å². The van der Waals surface area contributed by atoms with Crippen LogP contribution in [0.2, 0.25) is 0 Å². The Morgan fingerprint density at radius 1 is 1.47 bits per heavy atom. The van der Waals surface area contributed by atoms with Crippen molar-refractivity contribution in [2.75, 3.05) is 11.9 Å². The first-order valence-corrected chi connectivity index (χ1v) is 7.19. The van der Waals surface area contributed by atoms with E-state index < -0.39 is 0 Å². The minimum absolute atomic E-state index is 0.442. The molecule has 4 heteroatoms. The third-order valence-electron chi connectivity index (χ3n) is 4.04. The fourth-order valence-corrected chi connectivity index (χ4v) is 3.32. The highest BCUT2D eigenvalue weighted by Crippen LogP contribution is 2.39. The van der Waals surface area contributed by atoms with Crippen LogP contribution in [0.3, 0.4) is 0 Å². The Morgan fingerprint density at radius 3 is 3.06 bits per heavy atom. The van der Waals surface area contributed by atoms with Crippen LogP contribution < -0.4 is 10.6 Å². The topological polar surface area (TPSA) is 37.0 Å². The van der Waals surface area contributed by atoms with Crippen LogP contribution in [0.25, 0.3) is 0 Å². The Bertz CT molecular complexity index is 403. The van der Waals surface area contributed by atoms with Gasteiger partial charge in [0.25, 0.3) is 0 Å². The summed E-state index contributed by atoms with van der Waals surface area (Å²) in [5.41, 5.74) is 0.442. The van der Waals surface area contributed by atoms with E-state index in [1.165, 1.54) is 32.1 Å². The molecule has 1 saturated heterocycles. The van der Waals surface area contributed by atoms with E-state index in [1.54, 1.807) is 0 Å². The monoisotopic (exact) mass is 295 g/mol. The predicted octanol–water partition coefficient (Wildman–Crippen LogP) is 2.93. The molecule has 17 heavy (non-hydrogen) atoms. The lowest BCUT2D eigenvalue weighted by atomic mass is 9.70. The molecule has 3 rings (SSSR count). The van der Waals surface area contributed by atoms with Crippen LogP contribution in [0, 0.1) is 0 Å². The molecule has 2 heterocycles. The van der Waals surface area contributed by atoms with Crippen molar-refractivity contribution in [2.24, 2.45) is 0 Å². The quantitative estimate of drug-likeness (QED) is 0.881. The summed E-state index contributed by atoms with van der Waals surface area (Å²) in [6.07, 6.45) is 8.32. The molecule has 2 aliphatic rings. The fourth-order valence-electron chi connectivity index (χ4n) is 2.95. The number of halogens is 1. The van der Waals surface area contributed by atoms with Gasteiger partial charge in [-0.25, -0.2) is 4.98 Å². The van der Waals surface area contributed by atoms with E-state index in [-0.39, 0.29) is 0 Å². The standard InChI is InChI=1S/C13H18BrN3/c14-11-3-1-7-15-12(11)17-10-4-8-16-13(9-10)5-2-6-13/h1,3,7,10,16H,2,4-6,8-9H2,(H,15,17). The lowest BCUT2D eigenvalue weighted by Gasteiger charge is -2.48. The summed E-state index contributed by atoms with van der Waals surface area (Å²) < 4.78 is 1.06. The van der Waals surface area contributed by atoms with Crippen molar-refractivity contribution < 1.29 is 0 Å². The average molecular weight is 296 g/mol. The number of aromatic nitrogens is 1. The third kappa shape index (κ3) is 2.33. The summed E-state index contributed by atoms with van der Waals surface area (Å²) >= 11 is 3.54. The fraction of sp³-hybridized carbons (Fsp3) is 0.615. The Balaban J connectivity index is 1.67. The van der Waals surface area contributed by atoms with Gasteiger partial charge in [-0.1, -0.05) is 0 Å². The molecule has 3 nitrogen and oxygen atoms in total. The van der Waals surface area contributed by atoms with Crippen molar-refractivity contribution in [1.29, 1.82) is 0 Å². The molecule has 1 aliphatic carbocycles. The number of nitrogens with zero attached hydrogens (tertiary/aromatic N) is 1. The van der Waals surface area contributed by atoms with Crippen LogP contribution in [0.4, 0.5) is 5.82 Å². The minimum Gasteiger partial charge on any atom is -0.366 e. The second-order valence-corrected chi connectivity index (χ2v) is 6.08. The van der Waals surface area contributed by atoms with E-state index in [1.807, 2.05) is 18.3 Å². The smallest absolute Gasteiger partial charge is 0.140 e. The van der Waals surface area contributed by atoms with Crippen LogP contribution in [-0.4, -0.2) is 23.1 Å². The maximum atomic E-state index is 4.39. The van der Waals surface area contributed by atoms with E-state index in [0.717, 1.165) is 16.8 Å². The largest absolute Gasteiger partial charge is 0.366 e. The Hall–Kier alpha value is -0.610. The molecule has 1 saturated carbocycles. The van der Waals surface area contributed by atoms with Crippen molar-refractivity contribution in [1.82, 2.24) is 10.3 Å². The maximum Gasteiger partial charge on any atom is 0.140 e. The van der Waals surface area contributed by atoms with Gasteiger partial charge in [0.05, 0.1) is 4.47 Å². The van der Waals surface area contributed by atoms with Crippen LogP contribution in [0.1, 0.15) is 32.1 Å². The molecule has 0 radical (unpaired) electrons. The molecular weight excluding hydrogens is 278 g/mol. The molecule has 1 unspecified atom stereocenters. The Morgan fingerprint density at radius 2 is 2.35 bits per heavy atom. The minimum atomic E-state index is 0.442. The van der Waals surface area contributed by atoms with E-state index in [0.29, 0.717) is 11.6 Å². The van der Waals surface area contributed by atoms with Crippen LogP contribution in [0.5, 0.6) is 0 Å². The van der Waals surface area contributed by atoms with Gasteiger partial charge in [-0.3, -0.25) is 0 Å². The third-order valence-corrected chi connectivity index (χ3v) is 4.68. The molecule has 92 valence electrons. The van der Waals surface area contributed by atoms with Gasteiger partial charge in [0.15, 0.2) is 0 Å². The van der Waals surface area contributed by atoms with Crippen molar-refractivity contribution in [3.63, 3.8) is 0 Å². The summed E-state index contributed by atoms with van der Waals surface area (Å²) in [6, 6.07) is 4.54. The first kappa shape index (κ1) is 11.5.